The van der Waals surface area contributed by atoms with E-state index in [1.165, 1.54) is 5.56 Å². The van der Waals surface area contributed by atoms with E-state index in [9.17, 15) is 0 Å². The van der Waals surface area contributed by atoms with Crippen LogP contribution in [0.4, 0.5) is 5.95 Å². The summed E-state index contributed by atoms with van der Waals surface area (Å²) in [5, 5.41) is 4.01. The van der Waals surface area contributed by atoms with E-state index in [4.69, 9.17) is 5.73 Å². The van der Waals surface area contributed by atoms with Gasteiger partial charge in [-0.25, -0.2) is 9.97 Å². The largest absolute Gasteiger partial charge is 0.339 e. The van der Waals surface area contributed by atoms with Gasteiger partial charge in [-0.05, 0) is 26.0 Å². The number of anilines is 1. The molecule has 0 aliphatic rings. The SMILES string of the molecule is Cc1ccc2nc(NC(C)N)ncc2c1. The average molecular weight is 202 g/mol. The first-order chi connectivity index (χ1) is 7.15. The highest BCUT2D eigenvalue weighted by Crippen LogP contribution is 2.14. The molecule has 2 rings (SSSR count). The molecule has 1 aromatic carbocycles. The van der Waals surface area contributed by atoms with Crippen LogP contribution in [0.5, 0.6) is 0 Å². The van der Waals surface area contributed by atoms with Crippen molar-refractivity contribution in [2.45, 2.75) is 20.0 Å². The summed E-state index contributed by atoms with van der Waals surface area (Å²) in [6.07, 6.45) is 1.66. The van der Waals surface area contributed by atoms with Gasteiger partial charge in [-0.1, -0.05) is 11.6 Å². The molecule has 2 aromatic rings. The van der Waals surface area contributed by atoms with Crippen LogP contribution < -0.4 is 11.1 Å². The summed E-state index contributed by atoms with van der Waals surface area (Å²) < 4.78 is 0. The molecule has 0 spiro atoms. The molecule has 0 amide bonds. The van der Waals surface area contributed by atoms with Crippen molar-refractivity contribution in [2.75, 3.05) is 5.32 Å². The Labute approximate surface area is 88.5 Å². The second kappa shape index (κ2) is 3.82. The molecule has 1 aromatic heterocycles. The van der Waals surface area contributed by atoms with E-state index < -0.39 is 0 Å². The van der Waals surface area contributed by atoms with Gasteiger partial charge in [-0.3, -0.25) is 0 Å². The first-order valence-electron chi connectivity index (χ1n) is 4.91. The summed E-state index contributed by atoms with van der Waals surface area (Å²) in [4.78, 5) is 8.54. The second-order valence-corrected chi connectivity index (χ2v) is 3.69. The molecular weight excluding hydrogens is 188 g/mol. The van der Waals surface area contributed by atoms with Crippen LogP contribution in [0.2, 0.25) is 0 Å². The van der Waals surface area contributed by atoms with Crippen LogP contribution in [0.25, 0.3) is 10.9 Å². The van der Waals surface area contributed by atoms with Crippen LogP contribution in [-0.2, 0) is 0 Å². The van der Waals surface area contributed by atoms with Crippen LogP contribution in [0.15, 0.2) is 24.4 Å². The Hall–Kier alpha value is -1.68. The zero-order valence-electron chi connectivity index (χ0n) is 8.86. The summed E-state index contributed by atoms with van der Waals surface area (Å²) in [5.41, 5.74) is 7.74. The van der Waals surface area contributed by atoms with E-state index in [1.807, 2.05) is 26.0 Å². The minimum Gasteiger partial charge on any atom is -0.339 e. The van der Waals surface area contributed by atoms with Crippen molar-refractivity contribution in [2.24, 2.45) is 5.73 Å². The van der Waals surface area contributed by atoms with Gasteiger partial charge in [0.15, 0.2) is 0 Å². The number of hydrogen-bond donors (Lipinski definition) is 2. The fraction of sp³-hybridized carbons (Fsp3) is 0.273. The molecule has 3 N–H and O–H groups in total. The number of fused-ring (bicyclic) bond motifs is 1. The van der Waals surface area contributed by atoms with E-state index in [-0.39, 0.29) is 6.17 Å². The molecule has 0 fully saturated rings. The van der Waals surface area contributed by atoms with Crippen molar-refractivity contribution in [1.82, 2.24) is 9.97 Å². The fourth-order valence-corrected chi connectivity index (χ4v) is 1.43. The smallest absolute Gasteiger partial charge is 0.224 e. The molecule has 1 atom stereocenters. The van der Waals surface area contributed by atoms with E-state index in [2.05, 4.69) is 21.4 Å². The first-order valence-corrected chi connectivity index (χ1v) is 4.91. The summed E-state index contributed by atoms with van der Waals surface area (Å²) in [6.45, 7) is 3.90. The number of nitrogens with zero attached hydrogens (tertiary/aromatic N) is 2. The Balaban J connectivity index is 2.43. The number of aryl methyl sites for hydroxylation is 1. The van der Waals surface area contributed by atoms with Gasteiger partial charge >= 0.3 is 0 Å². The molecule has 4 nitrogen and oxygen atoms in total. The normalized spacial score (nSPS) is 12.7. The number of aromatic nitrogens is 2. The third-order valence-corrected chi connectivity index (χ3v) is 2.09. The van der Waals surface area contributed by atoms with Gasteiger partial charge < -0.3 is 11.1 Å². The van der Waals surface area contributed by atoms with E-state index in [1.54, 1.807) is 6.20 Å². The van der Waals surface area contributed by atoms with Crippen molar-refractivity contribution in [1.29, 1.82) is 0 Å². The van der Waals surface area contributed by atoms with Crippen LogP contribution in [0, 0.1) is 6.92 Å². The molecule has 0 saturated carbocycles. The molecule has 1 unspecified atom stereocenters. The third-order valence-electron chi connectivity index (χ3n) is 2.09. The summed E-state index contributed by atoms with van der Waals surface area (Å²) in [6, 6.07) is 6.08. The monoisotopic (exact) mass is 202 g/mol. The molecule has 4 heteroatoms. The van der Waals surface area contributed by atoms with Crippen LogP contribution in [0.3, 0.4) is 0 Å². The minimum absolute atomic E-state index is 0.145. The molecule has 1 heterocycles. The van der Waals surface area contributed by atoms with Crippen LogP contribution in [0.1, 0.15) is 12.5 Å². The lowest BCUT2D eigenvalue weighted by Crippen LogP contribution is -2.26. The van der Waals surface area contributed by atoms with E-state index in [0.717, 1.165) is 10.9 Å². The molecular formula is C11H14N4. The van der Waals surface area contributed by atoms with E-state index in [0.29, 0.717) is 5.95 Å². The van der Waals surface area contributed by atoms with Crippen molar-refractivity contribution < 1.29 is 0 Å². The maximum atomic E-state index is 5.60. The van der Waals surface area contributed by atoms with E-state index >= 15 is 0 Å². The lowest BCUT2D eigenvalue weighted by atomic mass is 10.2. The Morgan fingerprint density at radius 2 is 2.20 bits per heavy atom. The predicted molar refractivity (Wildman–Crippen MR) is 61.5 cm³/mol. The first kappa shape index (κ1) is 9.86. The average Bonchev–Trinajstić information content (AvgIpc) is 2.17. The summed E-state index contributed by atoms with van der Waals surface area (Å²) in [7, 11) is 0. The molecule has 78 valence electrons. The molecule has 15 heavy (non-hydrogen) atoms. The quantitative estimate of drug-likeness (QED) is 0.727. The number of hydrogen-bond acceptors (Lipinski definition) is 4. The van der Waals surface area contributed by atoms with Gasteiger partial charge in [-0.2, -0.15) is 0 Å². The molecule has 0 aliphatic carbocycles. The highest BCUT2D eigenvalue weighted by atomic mass is 15.1. The Bertz CT molecular complexity index is 479. The number of nitrogens with two attached hydrogens (primary N) is 1. The Morgan fingerprint density at radius 3 is 2.93 bits per heavy atom. The predicted octanol–water partition coefficient (Wildman–Crippen LogP) is 1.65. The second-order valence-electron chi connectivity index (χ2n) is 3.69. The molecule has 0 radical (unpaired) electrons. The fourth-order valence-electron chi connectivity index (χ4n) is 1.43. The van der Waals surface area contributed by atoms with Crippen LogP contribution >= 0.6 is 0 Å². The van der Waals surface area contributed by atoms with Gasteiger partial charge in [0.1, 0.15) is 0 Å². The van der Waals surface area contributed by atoms with Crippen molar-refractivity contribution in [3.05, 3.63) is 30.0 Å². The Morgan fingerprint density at radius 1 is 1.40 bits per heavy atom. The summed E-state index contributed by atoms with van der Waals surface area (Å²) in [5.74, 6) is 0.571. The van der Waals surface area contributed by atoms with Crippen molar-refractivity contribution >= 4 is 16.9 Å². The molecule has 0 aliphatic heterocycles. The van der Waals surface area contributed by atoms with Gasteiger partial charge in [0, 0.05) is 11.6 Å². The maximum absolute atomic E-state index is 5.60. The molecule has 0 bridgehead atoms. The minimum atomic E-state index is -0.145. The number of nitrogens with one attached hydrogen (secondary N) is 1. The topological polar surface area (TPSA) is 63.8 Å². The van der Waals surface area contributed by atoms with Gasteiger partial charge in [-0.15, -0.1) is 0 Å². The zero-order valence-corrected chi connectivity index (χ0v) is 8.86. The van der Waals surface area contributed by atoms with Crippen molar-refractivity contribution in [3.8, 4) is 0 Å². The van der Waals surface area contributed by atoms with Crippen molar-refractivity contribution in [3.63, 3.8) is 0 Å². The zero-order chi connectivity index (χ0) is 10.8. The standard InChI is InChI=1S/C11H14N4/c1-7-3-4-10-9(5-7)6-13-11(15-10)14-8(2)12/h3-6,8H,12H2,1-2H3,(H,13,14,15). The maximum Gasteiger partial charge on any atom is 0.224 e. The lowest BCUT2D eigenvalue weighted by Gasteiger charge is -2.08. The summed E-state index contributed by atoms with van der Waals surface area (Å²) >= 11 is 0. The van der Waals surface area contributed by atoms with Gasteiger partial charge in [0.05, 0.1) is 11.7 Å². The third kappa shape index (κ3) is 2.22. The number of benzene rings is 1. The molecule has 0 saturated heterocycles. The van der Waals surface area contributed by atoms with Crippen LogP contribution in [-0.4, -0.2) is 16.1 Å². The highest BCUT2D eigenvalue weighted by Gasteiger charge is 2.01. The highest BCUT2D eigenvalue weighted by molar-refractivity contribution is 5.79. The van der Waals surface area contributed by atoms with Gasteiger partial charge in [0.2, 0.25) is 5.95 Å². The van der Waals surface area contributed by atoms with Gasteiger partial charge in [0.25, 0.3) is 0 Å². The Kier molecular flexibility index (Phi) is 2.51. The lowest BCUT2D eigenvalue weighted by molar-refractivity contribution is 0.834. The number of rotatable bonds is 2.